The number of nitrogens with zero attached hydrogens (tertiary/aromatic N) is 2. The van der Waals surface area contributed by atoms with Gasteiger partial charge in [0.05, 0.1) is 18.6 Å². The lowest BCUT2D eigenvalue weighted by Crippen LogP contribution is -2.40. The molecule has 1 N–H and O–H groups in total. The maximum absolute atomic E-state index is 14.7. The van der Waals surface area contributed by atoms with E-state index in [1.54, 1.807) is 6.20 Å². The Hall–Kier alpha value is -4.45. The van der Waals surface area contributed by atoms with Gasteiger partial charge in [-0.15, -0.1) is 0 Å². The average Bonchev–Trinajstić information content (AvgIpc) is 3.74. The Labute approximate surface area is 292 Å². The number of carbonyl (C=O) groups excluding carboxylic acids is 2. The Kier molecular flexibility index (Phi) is 10.5. The summed E-state index contributed by atoms with van der Waals surface area (Å²) in [4.78, 5) is 32.0. The number of ketones is 1. The minimum Gasteiger partial charge on any atom is -0.444 e. The van der Waals surface area contributed by atoms with Crippen LogP contribution in [0.15, 0.2) is 116 Å². The molecule has 0 radical (unpaired) electrons. The predicted octanol–water partition coefficient (Wildman–Crippen LogP) is 9.89. The van der Waals surface area contributed by atoms with Crippen molar-refractivity contribution in [3.8, 4) is 0 Å². The van der Waals surface area contributed by atoms with E-state index in [1.807, 2.05) is 45.3 Å². The summed E-state index contributed by atoms with van der Waals surface area (Å²) >= 11 is 0. The Balaban J connectivity index is 1.26. The Bertz CT molecular complexity index is 1600. The predicted molar refractivity (Wildman–Crippen MR) is 196 cm³/mol. The van der Waals surface area contributed by atoms with Gasteiger partial charge in [0.1, 0.15) is 16.8 Å². The summed E-state index contributed by atoms with van der Waals surface area (Å²) in [5, 5.41) is 3.12. The molecule has 1 unspecified atom stereocenters. The van der Waals surface area contributed by atoms with E-state index in [4.69, 9.17) is 4.74 Å². The topological polar surface area (TPSA) is 73.2 Å². The highest BCUT2D eigenvalue weighted by Crippen LogP contribution is 2.53. The molecule has 2 aliphatic carbocycles. The summed E-state index contributed by atoms with van der Waals surface area (Å²) in [7, 11) is 0. The number of hydrogen-bond acceptors (Lipinski definition) is 4. The zero-order chi connectivity index (χ0) is 34.3. The normalized spacial score (nSPS) is 17.0. The lowest BCUT2D eigenvalue weighted by atomic mass is 9.76. The molecule has 256 valence electrons. The van der Waals surface area contributed by atoms with E-state index in [0.29, 0.717) is 11.6 Å². The largest absolute Gasteiger partial charge is 0.444 e. The third-order valence-corrected chi connectivity index (χ3v) is 10.3. The van der Waals surface area contributed by atoms with Gasteiger partial charge < -0.3 is 14.6 Å². The van der Waals surface area contributed by atoms with Crippen LogP contribution in [-0.4, -0.2) is 33.1 Å². The average molecular weight is 658 g/mol. The van der Waals surface area contributed by atoms with Crippen LogP contribution in [0.1, 0.15) is 112 Å². The van der Waals surface area contributed by atoms with Crippen LogP contribution >= 0.6 is 0 Å². The van der Waals surface area contributed by atoms with Gasteiger partial charge >= 0.3 is 6.09 Å². The first-order chi connectivity index (χ1) is 23.7. The molecule has 6 heteroatoms. The summed E-state index contributed by atoms with van der Waals surface area (Å²) in [5.74, 6) is 0.755. The molecule has 49 heavy (non-hydrogen) atoms. The van der Waals surface area contributed by atoms with Gasteiger partial charge in [-0.1, -0.05) is 135 Å². The van der Waals surface area contributed by atoms with Crippen LogP contribution in [0.2, 0.25) is 0 Å². The summed E-state index contributed by atoms with van der Waals surface area (Å²) in [5.41, 5.74) is 2.06. The minimum absolute atomic E-state index is 0.0894. The van der Waals surface area contributed by atoms with E-state index in [-0.39, 0.29) is 17.9 Å². The number of imidazole rings is 1. The second kappa shape index (κ2) is 15.0. The third-order valence-electron chi connectivity index (χ3n) is 10.3. The molecule has 2 aliphatic rings. The monoisotopic (exact) mass is 657 g/mol. The van der Waals surface area contributed by atoms with E-state index in [9.17, 15) is 9.59 Å². The number of benzene rings is 3. The van der Waals surface area contributed by atoms with Crippen LogP contribution in [0, 0.1) is 11.3 Å². The first kappa shape index (κ1) is 34.4. The van der Waals surface area contributed by atoms with E-state index in [2.05, 4.69) is 99.8 Å². The number of amides is 1. The van der Waals surface area contributed by atoms with Crippen LogP contribution in [0.5, 0.6) is 0 Å². The minimum atomic E-state index is -0.791. The molecule has 2 saturated carbocycles. The molecule has 1 aromatic heterocycles. The van der Waals surface area contributed by atoms with Gasteiger partial charge in [0.15, 0.2) is 5.78 Å². The van der Waals surface area contributed by atoms with Gasteiger partial charge in [-0.2, -0.15) is 0 Å². The summed E-state index contributed by atoms with van der Waals surface area (Å²) < 4.78 is 7.71. The molecule has 6 nitrogen and oxygen atoms in total. The lowest BCUT2D eigenvalue weighted by Gasteiger charge is -2.38. The molecule has 1 atom stereocenters. The second-order valence-corrected chi connectivity index (χ2v) is 15.0. The van der Waals surface area contributed by atoms with Crippen molar-refractivity contribution in [1.82, 2.24) is 14.9 Å². The number of ether oxygens (including phenoxy) is 1. The molecule has 4 aromatic rings. The van der Waals surface area contributed by atoms with Crippen LogP contribution in [0.25, 0.3) is 0 Å². The standard InChI is InChI=1S/C43H51N3O3/c1-41(2,3)49-40(48)45-37(30-33-18-8-4-9-19-33)26-16-17-27-42(28-29-42)39(47)38-31-44-32-46(38)43(34-20-10-5-11-21-34,35-22-12-6-13-23-35)36-24-14-7-15-25-36/h5-7,10-16,20-26,31-33,37H,4,8-9,17-19,27-30H2,1-3H3,(H,45,48). The fourth-order valence-electron chi connectivity index (χ4n) is 7.75. The van der Waals surface area contributed by atoms with Crippen molar-refractivity contribution < 1.29 is 14.3 Å². The molecule has 2 fully saturated rings. The van der Waals surface area contributed by atoms with Crippen molar-refractivity contribution in [3.63, 3.8) is 0 Å². The van der Waals surface area contributed by atoms with Crippen LogP contribution < -0.4 is 5.32 Å². The fourth-order valence-corrected chi connectivity index (χ4v) is 7.75. The number of rotatable bonds is 13. The molecular weight excluding hydrogens is 606 g/mol. The van der Waals surface area contributed by atoms with E-state index in [0.717, 1.165) is 48.8 Å². The molecule has 1 amide bonds. The molecule has 1 heterocycles. The van der Waals surface area contributed by atoms with E-state index >= 15 is 0 Å². The third kappa shape index (κ3) is 7.90. The zero-order valence-corrected chi connectivity index (χ0v) is 29.3. The number of carbonyl (C=O) groups is 2. The van der Waals surface area contributed by atoms with Crippen molar-refractivity contribution >= 4 is 11.9 Å². The van der Waals surface area contributed by atoms with Crippen molar-refractivity contribution in [1.29, 1.82) is 0 Å². The molecule has 0 saturated heterocycles. The highest BCUT2D eigenvalue weighted by atomic mass is 16.6. The van der Waals surface area contributed by atoms with Gasteiger partial charge in [-0.3, -0.25) is 4.79 Å². The van der Waals surface area contributed by atoms with Gasteiger partial charge in [0, 0.05) is 5.41 Å². The van der Waals surface area contributed by atoms with Crippen LogP contribution in [-0.2, 0) is 10.3 Å². The first-order valence-corrected chi connectivity index (χ1v) is 18.1. The highest BCUT2D eigenvalue weighted by Gasteiger charge is 2.51. The highest BCUT2D eigenvalue weighted by molar-refractivity contribution is 6.01. The van der Waals surface area contributed by atoms with E-state index in [1.165, 1.54) is 32.1 Å². The van der Waals surface area contributed by atoms with Gasteiger partial charge in [0.2, 0.25) is 0 Å². The SMILES string of the molecule is CC(C)(C)OC(=O)NC(C=CCCC1(C(=O)c2cncn2C(c2ccccc2)(c2ccccc2)c2ccccc2)CC1)CC1CCCCC1. The smallest absolute Gasteiger partial charge is 0.408 e. The molecule has 0 spiro atoms. The molecule has 0 aliphatic heterocycles. The second-order valence-electron chi connectivity index (χ2n) is 15.0. The number of alkyl carbamates (subject to hydrolysis) is 1. The van der Waals surface area contributed by atoms with E-state index < -0.39 is 16.6 Å². The quantitative estimate of drug-likeness (QED) is 0.0883. The van der Waals surface area contributed by atoms with Crippen LogP contribution in [0.3, 0.4) is 0 Å². The Morgan fingerprint density at radius 2 is 1.43 bits per heavy atom. The number of nitrogens with one attached hydrogen (secondary N) is 1. The molecule has 0 bridgehead atoms. The maximum atomic E-state index is 14.7. The van der Waals surface area contributed by atoms with Crippen molar-refractivity contribution in [2.75, 3.05) is 0 Å². The number of hydrogen-bond donors (Lipinski definition) is 1. The summed E-state index contributed by atoms with van der Waals surface area (Å²) in [6.45, 7) is 5.67. The summed E-state index contributed by atoms with van der Waals surface area (Å²) in [6, 6.07) is 31.2. The number of Topliss-reactive ketones (excluding diaryl/α,β-unsaturated/α-hetero) is 1. The Morgan fingerprint density at radius 1 is 0.878 bits per heavy atom. The van der Waals surface area contributed by atoms with Crippen LogP contribution in [0.4, 0.5) is 4.79 Å². The molecule has 6 rings (SSSR count). The lowest BCUT2D eigenvalue weighted by molar-refractivity contribution is 0.0507. The maximum Gasteiger partial charge on any atom is 0.408 e. The summed E-state index contributed by atoms with van der Waals surface area (Å²) in [6.07, 6.45) is 17.9. The van der Waals surface area contributed by atoms with Crippen molar-refractivity contribution in [2.24, 2.45) is 11.3 Å². The molecular formula is C43H51N3O3. The van der Waals surface area contributed by atoms with Gasteiger partial charge in [-0.25, -0.2) is 9.78 Å². The first-order valence-electron chi connectivity index (χ1n) is 18.1. The number of allylic oxidation sites excluding steroid dienone is 1. The fraction of sp³-hybridized carbons (Fsp3) is 0.419. The van der Waals surface area contributed by atoms with Crippen molar-refractivity contribution in [3.05, 3.63) is 138 Å². The zero-order valence-electron chi connectivity index (χ0n) is 29.3. The number of aromatic nitrogens is 2. The van der Waals surface area contributed by atoms with Gasteiger partial charge in [0.25, 0.3) is 0 Å². The Morgan fingerprint density at radius 3 is 1.94 bits per heavy atom. The molecule has 3 aromatic carbocycles. The van der Waals surface area contributed by atoms with Gasteiger partial charge in [-0.05, 0) is 75.5 Å². The van der Waals surface area contributed by atoms with Crippen molar-refractivity contribution in [2.45, 2.75) is 102 Å².